The summed E-state index contributed by atoms with van der Waals surface area (Å²) in [6.07, 6.45) is 3.79. The van der Waals surface area contributed by atoms with Gasteiger partial charge in [-0.3, -0.25) is 4.79 Å². The normalized spacial score (nSPS) is 11.2. The van der Waals surface area contributed by atoms with E-state index in [0.717, 1.165) is 27.8 Å². The highest BCUT2D eigenvalue weighted by Gasteiger charge is 2.09. The number of benzene rings is 3. The largest absolute Gasteiger partial charge is 0.489 e. The maximum atomic E-state index is 13.0. The van der Waals surface area contributed by atoms with Crippen molar-refractivity contribution >= 4 is 16.4 Å². The number of hydrogen-bond donors (Lipinski definition) is 0. The van der Waals surface area contributed by atoms with E-state index in [9.17, 15) is 4.79 Å². The molecule has 0 radical (unpaired) electrons. The lowest BCUT2D eigenvalue weighted by Gasteiger charge is -2.08. The molecule has 0 spiro atoms. The van der Waals surface area contributed by atoms with Gasteiger partial charge in [0, 0.05) is 23.8 Å². The lowest BCUT2D eigenvalue weighted by atomic mass is 10.2. The summed E-state index contributed by atoms with van der Waals surface area (Å²) in [5.74, 6) is 0.787. The van der Waals surface area contributed by atoms with E-state index in [2.05, 4.69) is 0 Å². The monoisotopic (exact) mass is 380 g/mol. The first kappa shape index (κ1) is 17.3. The first-order chi connectivity index (χ1) is 14.3. The third kappa shape index (κ3) is 3.41. The number of hydrogen-bond acceptors (Lipinski definition) is 2. The Morgan fingerprint density at radius 3 is 2.21 bits per heavy atom. The average Bonchev–Trinajstić information content (AvgIpc) is 3.14. The molecule has 2 heterocycles. The molecule has 0 amide bonds. The fourth-order valence-electron chi connectivity index (χ4n) is 3.62. The Hall–Kier alpha value is -3.79. The van der Waals surface area contributed by atoms with Crippen LogP contribution in [0.5, 0.6) is 5.75 Å². The summed E-state index contributed by atoms with van der Waals surface area (Å²) in [5, 5.41) is 1.02. The van der Waals surface area contributed by atoms with Crippen molar-refractivity contribution < 1.29 is 4.74 Å². The van der Waals surface area contributed by atoms with Crippen molar-refractivity contribution in [3.8, 4) is 5.75 Å². The van der Waals surface area contributed by atoms with Crippen LogP contribution in [0.1, 0.15) is 11.1 Å². The summed E-state index contributed by atoms with van der Waals surface area (Å²) in [6.45, 7) is 1.07. The first-order valence-electron chi connectivity index (χ1n) is 9.63. The fourth-order valence-corrected chi connectivity index (χ4v) is 3.62. The van der Waals surface area contributed by atoms with E-state index in [1.807, 2.05) is 102 Å². The number of fused-ring (bicyclic) bond motifs is 3. The van der Waals surface area contributed by atoms with Gasteiger partial charge in [0.1, 0.15) is 17.9 Å². The molecule has 5 aromatic rings. The van der Waals surface area contributed by atoms with E-state index in [1.54, 1.807) is 4.57 Å². The highest BCUT2D eigenvalue weighted by Crippen LogP contribution is 2.24. The van der Waals surface area contributed by atoms with Crippen LogP contribution in [0.25, 0.3) is 16.4 Å². The van der Waals surface area contributed by atoms with Crippen molar-refractivity contribution in [3.63, 3.8) is 0 Å². The van der Waals surface area contributed by atoms with Gasteiger partial charge >= 0.3 is 0 Å². The summed E-state index contributed by atoms with van der Waals surface area (Å²) in [4.78, 5) is 13.0. The molecule has 0 fully saturated rings. The molecule has 0 aliphatic heterocycles. The van der Waals surface area contributed by atoms with Gasteiger partial charge in [-0.15, -0.1) is 0 Å². The number of aromatic nitrogens is 2. The Morgan fingerprint density at radius 1 is 0.724 bits per heavy atom. The van der Waals surface area contributed by atoms with Crippen LogP contribution in [0.15, 0.2) is 102 Å². The molecule has 142 valence electrons. The van der Waals surface area contributed by atoms with Crippen LogP contribution in [0.2, 0.25) is 0 Å². The number of rotatable bonds is 5. The molecule has 0 unspecified atom stereocenters. The topological polar surface area (TPSA) is 35.6 Å². The standard InChI is InChI=1S/C25H20N2O2/c28-25-24-15-21-11-12-22(29-18-20-9-5-2-6-10-20)16-23(21)27(24)14-13-26(25)17-19-7-3-1-4-8-19/h1-16H,17-18H2. The van der Waals surface area contributed by atoms with Crippen molar-refractivity contribution in [2.45, 2.75) is 13.2 Å². The van der Waals surface area contributed by atoms with Gasteiger partial charge < -0.3 is 13.7 Å². The number of nitrogens with zero attached hydrogens (tertiary/aromatic N) is 2. The van der Waals surface area contributed by atoms with Gasteiger partial charge in [0.25, 0.3) is 5.56 Å². The van der Waals surface area contributed by atoms with Gasteiger partial charge in [-0.2, -0.15) is 0 Å². The Bertz CT molecular complexity index is 1340. The Labute approximate surface area is 168 Å². The Kier molecular flexibility index (Phi) is 4.37. The molecule has 4 heteroatoms. The van der Waals surface area contributed by atoms with Crippen LogP contribution in [0, 0.1) is 0 Å². The first-order valence-corrected chi connectivity index (χ1v) is 9.63. The molecule has 0 atom stereocenters. The molecule has 4 nitrogen and oxygen atoms in total. The van der Waals surface area contributed by atoms with Crippen LogP contribution >= 0.6 is 0 Å². The van der Waals surface area contributed by atoms with Gasteiger partial charge in [-0.05, 0) is 29.3 Å². The van der Waals surface area contributed by atoms with Crippen LogP contribution in [0.4, 0.5) is 0 Å². The molecular formula is C25H20N2O2. The molecule has 5 rings (SSSR count). The van der Waals surface area contributed by atoms with Crippen molar-refractivity contribution in [1.29, 1.82) is 0 Å². The minimum atomic E-state index is -0.000642. The second kappa shape index (κ2) is 7.32. The van der Waals surface area contributed by atoms with E-state index in [1.165, 1.54) is 0 Å². The van der Waals surface area contributed by atoms with Crippen molar-refractivity contribution in [2.24, 2.45) is 0 Å². The molecular weight excluding hydrogens is 360 g/mol. The number of ether oxygens (including phenoxy) is 1. The average molecular weight is 380 g/mol. The summed E-state index contributed by atoms with van der Waals surface area (Å²) in [7, 11) is 0. The van der Waals surface area contributed by atoms with Crippen molar-refractivity contribution in [3.05, 3.63) is 119 Å². The zero-order valence-corrected chi connectivity index (χ0v) is 15.9. The second-order valence-corrected chi connectivity index (χ2v) is 7.11. The van der Waals surface area contributed by atoms with Crippen molar-refractivity contribution in [2.75, 3.05) is 0 Å². The van der Waals surface area contributed by atoms with Gasteiger partial charge in [-0.1, -0.05) is 60.7 Å². The van der Waals surface area contributed by atoms with Crippen LogP contribution in [-0.2, 0) is 13.2 Å². The third-order valence-corrected chi connectivity index (χ3v) is 5.13. The molecule has 0 aliphatic carbocycles. The summed E-state index contributed by atoms with van der Waals surface area (Å²) >= 11 is 0. The van der Waals surface area contributed by atoms with E-state index in [-0.39, 0.29) is 5.56 Å². The highest BCUT2D eigenvalue weighted by atomic mass is 16.5. The molecule has 0 saturated carbocycles. The summed E-state index contributed by atoms with van der Waals surface area (Å²) in [6, 6.07) is 28.0. The zero-order valence-electron chi connectivity index (χ0n) is 15.9. The van der Waals surface area contributed by atoms with Gasteiger partial charge in [0.2, 0.25) is 0 Å². The van der Waals surface area contributed by atoms with Crippen molar-refractivity contribution in [1.82, 2.24) is 8.97 Å². The maximum Gasteiger partial charge on any atom is 0.275 e. The predicted molar refractivity (Wildman–Crippen MR) is 115 cm³/mol. The van der Waals surface area contributed by atoms with Gasteiger partial charge in [0.05, 0.1) is 12.1 Å². The summed E-state index contributed by atoms with van der Waals surface area (Å²) < 4.78 is 9.64. The SMILES string of the molecule is O=c1c2cc3ccc(OCc4ccccc4)cc3n2ccn1Cc1ccccc1. The van der Waals surface area contributed by atoms with E-state index < -0.39 is 0 Å². The second-order valence-electron chi connectivity index (χ2n) is 7.11. The zero-order chi connectivity index (χ0) is 19.6. The van der Waals surface area contributed by atoms with Gasteiger partial charge in [0.15, 0.2) is 0 Å². The quantitative estimate of drug-likeness (QED) is 0.436. The third-order valence-electron chi connectivity index (χ3n) is 5.13. The molecule has 0 bridgehead atoms. The molecule has 0 N–H and O–H groups in total. The lowest BCUT2D eigenvalue weighted by molar-refractivity contribution is 0.306. The van der Waals surface area contributed by atoms with E-state index >= 15 is 0 Å². The maximum absolute atomic E-state index is 13.0. The molecule has 29 heavy (non-hydrogen) atoms. The molecule has 0 saturated heterocycles. The molecule has 2 aromatic heterocycles. The minimum absolute atomic E-state index is 0.000642. The molecule has 3 aromatic carbocycles. The highest BCUT2D eigenvalue weighted by molar-refractivity contribution is 5.87. The lowest BCUT2D eigenvalue weighted by Crippen LogP contribution is -2.21. The van der Waals surface area contributed by atoms with Crippen LogP contribution in [0.3, 0.4) is 0 Å². The minimum Gasteiger partial charge on any atom is -0.489 e. The predicted octanol–water partition coefficient (Wildman–Crippen LogP) is 4.88. The summed E-state index contributed by atoms with van der Waals surface area (Å²) in [5.41, 5.74) is 3.86. The van der Waals surface area contributed by atoms with Crippen LogP contribution < -0.4 is 10.3 Å². The van der Waals surface area contributed by atoms with E-state index in [4.69, 9.17) is 4.74 Å². The fraction of sp³-hybridized carbons (Fsp3) is 0.0800. The molecule has 0 aliphatic rings. The Morgan fingerprint density at radius 2 is 1.45 bits per heavy atom. The van der Waals surface area contributed by atoms with E-state index in [0.29, 0.717) is 18.7 Å². The van der Waals surface area contributed by atoms with Crippen LogP contribution in [-0.4, -0.2) is 8.97 Å². The van der Waals surface area contributed by atoms with Gasteiger partial charge in [-0.25, -0.2) is 0 Å². The smallest absolute Gasteiger partial charge is 0.275 e. The Balaban J connectivity index is 1.49.